The van der Waals surface area contributed by atoms with Crippen molar-refractivity contribution in [3.05, 3.63) is 35.1 Å². The average Bonchev–Trinajstić information content (AvgIpc) is 2.36. The van der Waals surface area contributed by atoms with Crippen molar-refractivity contribution in [3.8, 4) is 0 Å². The molecule has 0 aliphatic carbocycles. The first kappa shape index (κ1) is 14.1. The number of alkyl halides is 1. The maximum atomic E-state index is 13.9. The van der Waals surface area contributed by atoms with Crippen LogP contribution in [-0.2, 0) is 4.74 Å². The molecule has 6 heteroatoms. The van der Waals surface area contributed by atoms with Crippen LogP contribution in [0.5, 0.6) is 0 Å². The van der Waals surface area contributed by atoms with Crippen LogP contribution in [0.3, 0.4) is 0 Å². The molecule has 0 saturated carbocycles. The van der Waals surface area contributed by atoms with Crippen LogP contribution >= 0.6 is 15.9 Å². The molecule has 0 heterocycles. The van der Waals surface area contributed by atoms with E-state index in [4.69, 9.17) is 0 Å². The highest BCUT2D eigenvalue weighted by molar-refractivity contribution is 9.09. The summed E-state index contributed by atoms with van der Waals surface area (Å²) in [5.74, 6) is -1.71. The van der Waals surface area contributed by atoms with E-state index in [0.29, 0.717) is 0 Å². The van der Waals surface area contributed by atoms with Crippen molar-refractivity contribution < 1.29 is 24.1 Å². The average molecular weight is 307 g/mol. The fraction of sp³-hybridized carbons (Fsp3) is 0.364. The number of esters is 1. The monoisotopic (exact) mass is 306 g/mol. The summed E-state index contributed by atoms with van der Waals surface area (Å²) in [6, 6.07) is 3.96. The number of methoxy groups -OCH3 is 1. The molecule has 1 aromatic carbocycles. The summed E-state index contributed by atoms with van der Waals surface area (Å²) in [5, 5.41) is 19.2. The maximum absolute atomic E-state index is 13.9. The summed E-state index contributed by atoms with van der Waals surface area (Å²) < 4.78 is 18.3. The highest BCUT2D eigenvalue weighted by Gasteiger charge is 2.24. The highest BCUT2D eigenvalue weighted by atomic mass is 79.9. The first-order valence-corrected chi connectivity index (χ1v) is 5.93. The first-order valence-electron chi connectivity index (χ1n) is 4.81. The SMILES string of the molecule is COC(=O)c1cccc(C(O)C(O)CBr)c1F. The summed E-state index contributed by atoms with van der Waals surface area (Å²) in [6.45, 7) is 0. The number of hydrogen-bond acceptors (Lipinski definition) is 4. The number of rotatable bonds is 4. The Balaban J connectivity index is 3.14. The molecule has 17 heavy (non-hydrogen) atoms. The second-order valence-corrected chi connectivity index (χ2v) is 4.01. The van der Waals surface area contributed by atoms with Crippen LogP contribution in [0.1, 0.15) is 22.0 Å². The third kappa shape index (κ3) is 3.02. The van der Waals surface area contributed by atoms with Crippen LogP contribution in [0.4, 0.5) is 4.39 Å². The quantitative estimate of drug-likeness (QED) is 0.652. The zero-order chi connectivity index (χ0) is 13.0. The standard InChI is InChI=1S/C11H12BrFO4/c1-17-11(16)7-4-2-3-6(9(7)13)10(15)8(14)5-12/h2-4,8,10,14-15H,5H2,1H3. The third-order valence-electron chi connectivity index (χ3n) is 2.28. The summed E-state index contributed by atoms with van der Waals surface area (Å²) in [4.78, 5) is 11.2. The number of ether oxygens (including phenoxy) is 1. The predicted octanol–water partition coefficient (Wildman–Crippen LogP) is 1.40. The molecule has 0 bridgehead atoms. The lowest BCUT2D eigenvalue weighted by Gasteiger charge is -2.17. The Hall–Kier alpha value is -0.980. The molecule has 2 N–H and O–H groups in total. The lowest BCUT2D eigenvalue weighted by Crippen LogP contribution is -2.21. The minimum atomic E-state index is -1.40. The van der Waals surface area contributed by atoms with Gasteiger partial charge in [-0.05, 0) is 6.07 Å². The summed E-state index contributed by atoms with van der Waals surface area (Å²) >= 11 is 2.97. The lowest BCUT2D eigenvalue weighted by atomic mass is 10.0. The van der Waals surface area contributed by atoms with Crippen LogP contribution in [-0.4, -0.2) is 34.7 Å². The van der Waals surface area contributed by atoms with Crippen LogP contribution < -0.4 is 0 Å². The van der Waals surface area contributed by atoms with Gasteiger partial charge in [-0.15, -0.1) is 0 Å². The molecule has 0 fully saturated rings. The van der Waals surface area contributed by atoms with E-state index in [1.807, 2.05) is 0 Å². The van der Waals surface area contributed by atoms with E-state index in [9.17, 15) is 19.4 Å². The molecule has 0 spiro atoms. The Morgan fingerprint density at radius 1 is 1.53 bits per heavy atom. The predicted molar refractivity (Wildman–Crippen MR) is 62.5 cm³/mol. The van der Waals surface area contributed by atoms with Gasteiger partial charge in [-0.2, -0.15) is 0 Å². The van der Waals surface area contributed by atoms with Gasteiger partial charge < -0.3 is 14.9 Å². The molecule has 2 atom stereocenters. The summed E-state index contributed by atoms with van der Waals surface area (Å²) in [6.07, 6.45) is -2.56. The summed E-state index contributed by atoms with van der Waals surface area (Å²) in [5.41, 5.74) is -0.411. The lowest BCUT2D eigenvalue weighted by molar-refractivity contribution is 0.0316. The number of hydrogen-bond donors (Lipinski definition) is 2. The molecular weight excluding hydrogens is 295 g/mol. The molecule has 0 aliphatic heterocycles. The molecule has 0 radical (unpaired) electrons. The van der Waals surface area contributed by atoms with Gasteiger partial charge in [0.05, 0.1) is 18.8 Å². The van der Waals surface area contributed by atoms with Gasteiger partial charge >= 0.3 is 5.97 Å². The minimum Gasteiger partial charge on any atom is -0.465 e. The largest absolute Gasteiger partial charge is 0.465 e. The van der Waals surface area contributed by atoms with Gasteiger partial charge in [-0.25, -0.2) is 9.18 Å². The molecule has 0 saturated heterocycles. The normalized spacial score (nSPS) is 14.2. The molecule has 4 nitrogen and oxygen atoms in total. The Kier molecular flexibility index (Phi) is 5.04. The second-order valence-electron chi connectivity index (χ2n) is 3.37. The van der Waals surface area contributed by atoms with Crippen molar-refractivity contribution in [2.24, 2.45) is 0 Å². The molecule has 1 aromatic rings. The molecule has 0 aliphatic rings. The van der Waals surface area contributed by atoms with Crippen LogP contribution in [0.2, 0.25) is 0 Å². The van der Waals surface area contributed by atoms with Gasteiger partial charge in [0.25, 0.3) is 0 Å². The Bertz CT molecular complexity index is 410. The minimum absolute atomic E-state index is 0.0933. The first-order chi connectivity index (χ1) is 8.02. The fourth-order valence-corrected chi connectivity index (χ4v) is 1.69. The van der Waals surface area contributed by atoms with E-state index < -0.39 is 24.0 Å². The smallest absolute Gasteiger partial charge is 0.340 e. The molecule has 1 rings (SSSR count). The number of carbonyl (C=O) groups is 1. The number of benzene rings is 1. The van der Waals surface area contributed by atoms with Crippen molar-refractivity contribution in [2.75, 3.05) is 12.4 Å². The summed E-state index contributed by atoms with van der Waals surface area (Å²) in [7, 11) is 1.14. The zero-order valence-corrected chi connectivity index (χ0v) is 10.6. The van der Waals surface area contributed by atoms with Crippen molar-refractivity contribution in [1.82, 2.24) is 0 Å². The zero-order valence-electron chi connectivity index (χ0n) is 9.06. The van der Waals surface area contributed by atoms with Gasteiger partial charge in [-0.1, -0.05) is 28.1 Å². The molecular formula is C11H12BrFO4. The van der Waals surface area contributed by atoms with E-state index in [-0.39, 0.29) is 16.5 Å². The third-order valence-corrected chi connectivity index (χ3v) is 2.94. The topological polar surface area (TPSA) is 66.8 Å². The number of carbonyl (C=O) groups excluding carboxylic acids is 1. The number of aliphatic hydroxyl groups excluding tert-OH is 2. The van der Waals surface area contributed by atoms with Gasteiger partial charge in [0.15, 0.2) is 0 Å². The Labute approximate surface area is 106 Å². The van der Waals surface area contributed by atoms with Crippen molar-refractivity contribution in [1.29, 1.82) is 0 Å². The molecule has 0 aromatic heterocycles. The van der Waals surface area contributed by atoms with Gasteiger partial charge in [-0.3, -0.25) is 0 Å². The Morgan fingerprint density at radius 3 is 2.71 bits per heavy atom. The molecule has 94 valence electrons. The molecule has 2 unspecified atom stereocenters. The van der Waals surface area contributed by atoms with E-state index in [0.717, 1.165) is 7.11 Å². The van der Waals surface area contributed by atoms with Crippen molar-refractivity contribution in [2.45, 2.75) is 12.2 Å². The van der Waals surface area contributed by atoms with Gasteiger partial charge in [0, 0.05) is 10.9 Å². The van der Waals surface area contributed by atoms with E-state index in [2.05, 4.69) is 20.7 Å². The van der Waals surface area contributed by atoms with E-state index in [1.165, 1.54) is 18.2 Å². The highest BCUT2D eigenvalue weighted by Crippen LogP contribution is 2.23. The number of aliphatic hydroxyl groups is 2. The number of halogens is 2. The van der Waals surface area contributed by atoms with E-state index >= 15 is 0 Å². The van der Waals surface area contributed by atoms with E-state index in [1.54, 1.807) is 0 Å². The fourth-order valence-electron chi connectivity index (χ4n) is 1.34. The van der Waals surface area contributed by atoms with Crippen LogP contribution in [0.25, 0.3) is 0 Å². The van der Waals surface area contributed by atoms with Crippen LogP contribution in [0.15, 0.2) is 18.2 Å². The van der Waals surface area contributed by atoms with Crippen molar-refractivity contribution >= 4 is 21.9 Å². The second kappa shape index (κ2) is 6.09. The van der Waals surface area contributed by atoms with Gasteiger partial charge in [0.2, 0.25) is 0 Å². The molecule has 0 amide bonds. The van der Waals surface area contributed by atoms with Gasteiger partial charge in [0.1, 0.15) is 11.9 Å². The van der Waals surface area contributed by atoms with Crippen LogP contribution in [0, 0.1) is 5.82 Å². The Morgan fingerprint density at radius 2 is 2.18 bits per heavy atom. The van der Waals surface area contributed by atoms with Crippen molar-refractivity contribution in [3.63, 3.8) is 0 Å². The maximum Gasteiger partial charge on any atom is 0.340 e.